The van der Waals surface area contributed by atoms with Crippen LogP contribution in [-0.2, 0) is 6.42 Å². The summed E-state index contributed by atoms with van der Waals surface area (Å²) in [5.74, 6) is 1.49. The molecule has 3 aromatic rings. The first kappa shape index (κ1) is 23.6. The van der Waals surface area contributed by atoms with Crippen molar-refractivity contribution in [3.8, 4) is 17.2 Å². The van der Waals surface area contributed by atoms with Crippen molar-refractivity contribution in [1.82, 2.24) is 20.1 Å². The van der Waals surface area contributed by atoms with E-state index in [1.54, 1.807) is 30.3 Å². The van der Waals surface area contributed by atoms with Crippen LogP contribution in [0.25, 0.3) is 5.69 Å². The fourth-order valence-electron chi connectivity index (χ4n) is 2.92. The van der Waals surface area contributed by atoms with E-state index in [4.69, 9.17) is 21.1 Å². The quantitative estimate of drug-likeness (QED) is 0.441. The third kappa shape index (κ3) is 5.80. The number of methoxy groups -OCH3 is 2. The topological polar surface area (TPSA) is 78.3 Å². The molecule has 0 saturated carbocycles. The van der Waals surface area contributed by atoms with E-state index in [2.05, 4.69) is 22.1 Å². The van der Waals surface area contributed by atoms with Crippen molar-refractivity contribution in [1.29, 1.82) is 0 Å². The summed E-state index contributed by atoms with van der Waals surface area (Å²) in [6.07, 6.45) is 0.409. The first-order chi connectivity index (χ1) is 15.4. The predicted molar refractivity (Wildman–Crippen MR) is 123 cm³/mol. The molecule has 32 heavy (non-hydrogen) atoms. The van der Waals surface area contributed by atoms with Crippen LogP contribution < -0.4 is 14.8 Å². The second kappa shape index (κ2) is 11.0. The summed E-state index contributed by atoms with van der Waals surface area (Å²) in [4.78, 5) is 12.6. The van der Waals surface area contributed by atoms with E-state index < -0.39 is 0 Å². The van der Waals surface area contributed by atoms with Gasteiger partial charge in [-0.05, 0) is 42.5 Å². The molecule has 3 rings (SSSR count). The summed E-state index contributed by atoms with van der Waals surface area (Å²) in [6.45, 7) is 4.00. The summed E-state index contributed by atoms with van der Waals surface area (Å²) in [6, 6.07) is 11.0. The Kier molecular flexibility index (Phi) is 8.13. The SMILES string of the molecule is C=C(Cl)CSc1nnc(CCNC(=O)c2ccc(OC)c(OC)c2)n1-c1ccc(F)cc1. The fraction of sp³-hybridized carbons (Fsp3) is 0.227. The molecule has 0 spiro atoms. The number of halogens is 2. The van der Waals surface area contributed by atoms with Crippen molar-refractivity contribution < 1.29 is 18.7 Å². The number of nitrogens with one attached hydrogen (secondary N) is 1. The Hall–Kier alpha value is -3.04. The number of hydrogen-bond donors (Lipinski definition) is 1. The number of carbonyl (C=O) groups is 1. The van der Waals surface area contributed by atoms with Crippen molar-refractivity contribution in [2.24, 2.45) is 0 Å². The molecule has 0 radical (unpaired) electrons. The Morgan fingerprint density at radius 3 is 2.53 bits per heavy atom. The Bertz CT molecular complexity index is 1110. The normalized spacial score (nSPS) is 10.6. The van der Waals surface area contributed by atoms with E-state index in [0.717, 1.165) is 0 Å². The molecular weight excluding hydrogens is 455 g/mol. The van der Waals surface area contributed by atoms with Gasteiger partial charge in [-0.3, -0.25) is 9.36 Å². The van der Waals surface area contributed by atoms with Gasteiger partial charge in [-0.15, -0.1) is 10.2 Å². The van der Waals surface area contributed by atoms with Crippen LogP contribution in [0, 0.1) is 5.82 Å². The highest BCUT2D eigenvalue weighted by Crippen LogP contribution is 2.27. The second-order valence-electron chi connectivity index (χ2n) is 6.59. The van der Waals surface area contributed by atoms with E-state index in [0.29, 0.717) is 57.5 Å². The van der Waals surface area contributed by atoms with Gasteiger partial charge >= 0.3 is 0 Å². The minimum absolute atomic E-state index is 0.258. The Labute approximate surface area is 194 Å². The van der Waals surface area contributed by atoms with Crippen LogP contribution in [0.4, 0.5) is 4.39 Å². The lowest BCUT2D eigenvalue weighted by Gasteiger charge is -2.11. The maximum Gasteiger partial charge on any atom is 0.251 e. The number of rotatable bonds is 10. The highest BCUT2D eigenvalue weighted by molar-refractivity contribution is 7.99. The number of benzene rings is 2. The third-order valence-electron chi connectivity index (χ3n) is 4.42. The molecule has 10 heteroatoms. The molecule has 0 saturated heterocycles. The molecule has 1 aromatic heterocycles. The van der Waals surface area contributed by atoms with Crippen molar-refractivity contribution in [3.05, 3.63) is 71.3 Å². The molecule has 1 amide bonds. The summed E-state index contributed by atoms with van der Waals surface area (Å²) >= 11 is 7.25. The minimum atomic E-state index is -0.339. The lowest BCUT2D eigenvalue weighted by atomic mass is 10.2. The molecule has 168 valence electrons. The first-order valence-corrected chi connectivity index (χ1v) is 11.0. The van der Waals surface area contributed by atoms with Crippen LogP contribution >= 0.6 is 23.4 Å². The van der Waals surface area contributed by atoms with Gasteiger partial charge in [-0.2, -0.15) is 0 Å². The molecule has 0 bridgehead atoms. The number of hydrogen-bond acceptors (Lipinski definition) is 6. The van der Waals surface area contributed by atoms with Gasteiger partial charge in [0.25, 0.3) is 5.91 Å². The van der Waals surface area contributed by atoms with Crippen LogP contribution in [0.5, 0.6) is 11.5 Å². The third-order valence-corrected chi connectivity index (χ3v) is 5.73. The minimum Gasteiger partial charge on any atom is -0.493 e. The number of ether oxygens (including phenoxy) is 2. The number of thioether (sulfide) groups is 1. The molecule has 0 aliphatic carbocycles. The number of aromatic nitrogens is 3. The van der Waals surface area contributed by atoms with Crippen LogP contribution in [0.2, 0.25) is 0 Å². The van der Waals surface area contributed by atoms with Crippen molar-refractivity contribution >= 4 is 29.3 Å². The van der Waals surface area contributed by atoms with E-state index in [1.807, 2.05) is 4.57 Å². The fourth-order valence-corrected chi connectivity index (χ4v) is 3.80. The van der Waals surface area contributed by atoms with Gasteiger partial charge in [0.05, 0.1) is 14.2 Å². The molecule has 0 atom stereocenters. The van der Waals surface area contributed by atoms with Gasteiger partial charge in [-0.25, -0.2) is 4.39 Å². The molecule has 7 nitrogen and oxygen atoms in total. The van der Waals surface area contributed by atoms with Gasteiger partial charge in [0.2, 0.25) is 0 Å². The molecule has 0 unspecified atom stereocenters. The zero-order valence-corrected chi connectivity index (χ0v) is 19.2. The average Bonchev–Trinajstić information content (AvgIpc) is 3.20. The van der Waals surface area contributed by atoms with E-state index >= 15 is 0 Å². The number of carbonyl (C=O) groups excluding carboxylic acids is 1. The highest BCUT2D eigenvalue weighted by atomic mass is 35.5. The number of nitrogens with zero attached hydrogens (tertiary/aromatic N) is 3. The van der Waals surface area contributed by atoms with Crippen LogP contribution in [0.3, 0.4) is 0 Å². The lowest BCUT2D eigenvalue weighted by molar-refractivity contribution is 0.0953. The van der Waals surface area contributed by atoms with Crippen molar-refractivity contribution in [2.45, 2.75) is 11.6 Å². The lowest BCUT2D eigenvalue weighted by Crippen LogP contribution is -2.26. The van der Waals surface area contributed by atoms with Crippen molar-refractivity contribution in [3.63, 3.8) is 0 Å². The highest BCUT2D eigenvalue weighted by Gasteiger charge is 2.16. The average molecular weight is 477 g/mol. The molecule has 0 aliphatic heterocycles. The van der Waals surface area contributed by atoms with E-state index in [9.17, 15) is 9.18 Å². The summed E-state index contributed by atoms with van der Waals surface area (Å²) in [5, 5.41) is 12.4. The Morgan fingerprint density at radius 2 is 1.88 bits per heavy atom. The molecular formula is C22H22ClFN4O3S. The van der Waals surface area contributed by atoms with Gasteiger partial charge in [0, 0.05) is 35.0 Å². The van der Waals surface area contributed by atoms with Gasteiger partial charge < -0.3 is 14.8 Å². The van der Waals surface area contributed by atoms with Crippen LogP contribution in [0.15, 0.2) is 59.2 Å². The molecule has 2 aromatic carbocycles. The van der Waals surface area contributed by atoms with Crippen LogP contribution in [-0.4, -0.2) is 47.2 Å². The summed E-state index contributed by atoms with van der Waals surface area (Å²) < 4.78 is 25.7. The zero-order chi connectivity index (χ0) is 23.1. The van der Waals surface area contributed by atoms with E-state index in [-0.39, 0.29) is 11.7 Å². The second-order valence-corrected chi connectivity index (χ2v) is 8.07. The predicted octanol–water partition coefficient (Wildman–Crippen LogP) is 4.24. The molecule has 1 N–H and O–H groups in total. The smallest absolute Gasteiger partial charge is 0.251 e. The van der Waals surface area contributed by atoms with Crippen LogP contribution in [0.1, 0.15) is 16.2 Å². The Balaban J connectivity index is 1.73. The zero-order valence-electron chi connectivity index (χ0n) is 17.6. The first-order valence-electron chi connectivity index (χ1n) is 9.59. The Morgan fingerprint density at radius 1 is 1.16 bits per heavy atom. The molecule has 0 fully saturated rings. The number of amides is 1. The summed E-state index contributed by atoms with van der Waals surface area (Å²) in [5.41, 5.74) is 1.15. The standard InChI is InChI=1S/C22H22ClFN4O3S/c1-14(23)13-32-22-27-26-20(28(22)17-7-5-16(24)6-8-17)10-11-25-21(29)15-4-9-18(30-2)19(12-15)31-3/h4-9,12H,1,10-11,13H2,2-3H3,(H,25,29). The van der Waals surface area contributed by atoms with Gasteiger partial charge in [-0.1, -0.05) is 29.9 Å². The largest absolute Gasteiger partial charge is 0.493 e. The van der Waals surface area contributed by atoms with Crippen molar-refractivity contribution in [2.75, 3.05) is 26.5 Å². The summed E-state index contributed by atoms with van der Waals surface area (Å²) in [7, 11) is 3.04. The molecule has 0 aliphatic rings. The monoisotopic (exact) mass is 476 g/mol. The maximum atomic E-state index is 13.4. The van der Waals surface area contributed by atoms with Gasteiger partial charge in [0.1, 0.15) is 11.6 Å². The molecule has 1 heterocycles. The van der Waals surface area contributed by atoms with E-state index in [1.165, 1.54) is 38.1 Å². The maximum absolute atomic E-state index is 13.4. The van der Waals surface area contributed by atoms with Gasteiger partial charge in [0.15, 0.2) is 16.7 Å².